The molecule has 0 amide bonds. The van der Waals surface area contributed by atoms with Gasteiger partial charge in [-0.3, -0.25) is 4.57 Å². The normalized spacial score (nSPS) is 12.9. The van der Waals surface area contributed by atoms with Crippen molar-refractivity contribution in [2.24, 2.45) is 0 Å². The number of aromatic nitrogens is 2. The van der Waals surface area contributed by atoms with Crippen molar-refractivity contribution in [1.82, 2.24) is 9.55 Å². The van der Waals surface area contributed by atoms with E-state index in [-0.39, 0.29) is 11.4 Å². The van der Waals surface area contributed by atoms with E-state index in [1.807, 2.05) is 13.0 Å². The number of imidazole rings is 1. The highest BCUT2D eigenvalue weighted by Gasteiger charge is 2.25. The summed E-state index contributed by atoms with van der Waals surface area (Å²) in [5.74, 6) is 0.809. The van der Waals surface area contributed by atoms with E-state index in [1.165, 1.54) is 11.7 Å². The third-order valence-electron chi connectivity index (χ3n) is 4.32. The Kier molecular flexibility index (Phi) is 5.85. The largest absolute Gasteiger partial charge is 0.493 e. The van der Waals surface area contributed by atoms with Crippen molar-refractivity contribution in [2.75, 3.05) is 25.7 Å². The highest BCUT2D eigenvalue weighted by Crippen LogP contribution is 2.33. The molecule has 3 rings (SSSR count). The fourth-order valence-electron chi connectivity index (χ4n) is 3.19. The summed E-state index contributed by atoms with van der Waals surface area (Å²) in [7, 11) is -1.85. The maximum atomic E-state index is 12.7. The molecule has 1 aromatic heterocycles. The van der Waals surface area contributed by atoms with Crippen LogP contribution in [-0.2, 0) is 9.84 Å². The van der Waals surface area contributed by atoms with E-state index >= 15 is 0 Å². The molecular weight excluding hydrogens is 448 g/mol. The molecule has 0 saturated heterocycles. The number of benzene rings is 2. The summed E-state index contributed by atoms with van der Waals surface area (Å²) in [5, 5.41) is 0. The Morgan fingerprint density at radius 2 is 1.93 bits per heavy atom. The number of hydrogen-bond acceptors (Lipinski definition) is 5. The van der Waals surface area contributed by atoms with E-state index in [1.54, 1.807) is 30.3 Å². The number of rotatable bonds is 7. The van der Waals surface area contributed by atoms with Crippen molar-refractivity contribution < 1.29 is 17.9 Å². The van der Waals surface area contributed by atoms with Crippen LogP contribution < -0.4 is 15.2 Å². The zero-order valence-corrected chi connectivity index (χ0v) is 18.1. The number of nitrogens with one attached hydrogen (secondary N) is 1. The average Bonchev–Trinajstić information content (AvgIpc) is 2.94. The maximum Gasteiger partial charge on any atom is 0.327 e. The number of ether oxygens (including phenoxy) is 2. The summed E-state index contributed by atoms with van der Waals surface area (Å²) >= 11 is 3.38. The zero-order chi connectivity index (χ0) is 20.5. The molecule has 28 heavy (non-hydrogen) atoms. The van der Waals surface area contributed by atoms with Crippen molar-refractivity contribution in [3.05, 3.63) is 56.9 Å². The first-order chi connectivity index (χ1) is 13.2. The van der Waals surface area contributed by atoms with Gasteiger partial charge >= 0.3 is 5.69 Å². The van der Waals surface area contributed by atoms with Crippen molar-refractivity contribution in [3.8, 4) is 11.5 Å². The first kappa shape index (κ1) is 20.5. The monoisotopic (exact) mass is 468 g/mol. The minimum absolute atomic E-state index is 0.228. The third kappa shape index (κ3) is 4.25. The quantitative estimate of drug-likeness (QED) is 0.574. The molecule has 0 spiro atoms. The second-order valence-corrected chi connectivity index (χ2v) is 9.51. The molecule has 3 aromatic rings. The number of methoxy groups -OCH3 is 1. The Bertz CT molecular complexity index is 1170. The number of sulfone groups is 1. The first-order valence-electron chi connectivity index (χ1n) is 8.61. The molecule has 1 atom stereocenters. The standard InChI is InChI=1S/C19H21BrN2O5S/c1-4-27-18-9-12(5-8-17(18)26-2)16(11-28(3,24)25)22-15-7-6-13(20)10-14(15)21-19(22)23/h5-10,16H,4,11H2,1-3H3,(H,21,23)/t16-/m1/s1. The van der Waals surface area contributed by atoms with Crippen LogP contribution in [0.2, 0.25) is 0 Å². The van der Waals surface area contributed by atoms with Crippen LogP contribution >= 0.6 is 15.9 Å². The predicted octanol–water partition coefficient (Wildman–Crippen LogP) is 3.13. The molecule has 2 aromatic carbocycles. The van der Waals surface area contributed by atoms with E-state index in [2.05, 4.69) is 20.9 Å². The number of aromatic amines is 1. The number of halogens is 1. The van der Waals surface area contributed by atoms with Crippen LogP contribution in [0, 0.1) is 0 Å². The van der Waals surface area contributed by atoms with Gasteiger partial charge in [-0.2, -0.15) is 0 Å². The van der Waals surface area contributed by atoms with Crippen LogP contribution in [0.5, 0.6) is 11.5 Å². The smallest absolute Gasteiger partial charge is 0.327 e. The molecule has 0 saturated carbocycles. The van der Waals surface area contributed by atoms with Crippen LogP contribution in [-0.4, -0.2) is 43.7 Å². The Balaban J connectivity index is 2.23. The van der Waals surface area contributed by atoms with Gasteiger partial charge in [0.15, 0.2) is 11.5 Å². The zero-order valence-electron chi connectivity index (χ0n) is 15.7. The molecule has 0 aliphatic rings. The lowest BCUT2D eigenvalue weighted by Gasteiger charge is -2.20. The van der Waals surface area contributed by atoms with Crippen LogP contribution in [0.3, 0.4) is 0 Å². The summed E-state index contributed by atoms with van der Waals surface area (Å²) in [6, 6.07) is 9.84. The van der Waals surface area contributed by atoms with E-state index in [4.69, 9.17) is 9.47 Å². The molecule has 150 valence electrons. The Labute approximate surface area is 171 Å². The fraction of sp³-hybridized carbons (Fsp3) is 0.316. The van der Waals surface area contributed by atoms with E-state index < -0.39 is 15.9 Å². The van der Waals surface area contributed by atoms with Crippen LogP contribution in [0.15, 0.2) is 45.7 Å². The lowest BCUT2D eigenvalue weighted by molar-refractivity contribution is 0.310. The molecule has 0 unspecified atom stereocenters. The molecule has 0 radical (unpaired) electrons. The van der Waals surface area contributed by atoms with Gasteiger partial charge in [-0.15, -0.1) is 0 Å². The predicted molar refractivity (Wildman–Crippen MR) is 112 cm³/mol. The maximum absolute atomic E-state index is 12.7. The van der Waals surface area contributed by atoms with Crippen molar-refractivity contribution in [1.29, 1.82) is 0 Å². The molecule has 0 aliphatic carbocycles. The van der Waals surface area contributed by atoms with Gasteiger partial charge in [0.1, 0.15) is 9.84 Å². The SMILES string of the molecule is CCOc1cc([C@@H](CS(C)(=O)=O)n2c(=O)[nH]c3cc(Br)ccc32)ccc1OC. The summed E-state index contributed by atoms with van der Waals surface area (Å²) in [6.07, 6.45) is 1.16. The van der Waals surface area contributed by atoms with Gasteiger partial charge < -0.3 is 14.5 Å². The fourth-order valence-corrected chi connectivity index (χ4v) is 4.46. The van der Waals surface area contributed by atoms with E-state index in [9.17, 15) is 13.2 Å². The molecule has 0 bridgehead atoms. The molecule has 1 heterocycles. The number of hydrogen-bond donors (Lipinski definition) is 1. The van der Waals surface area contributed by atoms with E-state index in [0.717, 1.165) is 10.7 Å². The second kappa shape index (κ2) is 8.00. The Morgan fingerprint density at radius 1 is 1.18 bits per heavy atom. The van der Waals surface area contributed by atoms with Gasteiger partial charge in [0.05, 0.1) is 36.5 Å². The molecule has 0 fully saturated rings. The van der Waals surface area contributed by atoms with Gasteiger partial charge in [0, 0.05) is 10.7 Å². The van der Waals surface area contributed by atoms with Crippen molar-refractivity contribution >= 4 is 36.8 Å². The second-order valence-electron chi connectivity index (χ2n) is 6.41. The van der Waals surface area contributed by atoms with Crippen molar-refractivity contribution in [3.63, 3.8) is 0 Å². The molecule has 9 heteroatoms. The van der Waals surface area contributed by atoms with E-state index in [0.29, 0.717) is 34.7 Å². The third-order valence-corrected chi connectivity index (χ3v) is 5.74. The Hall–Kier alpha value is -2.26. The Morgan fingerprint density at radius 3 is 2.57 bits per heavy atom. The van der Waals surface area contributed by atoms with Gasteiger partial charge in [-0.05, 0) is 42.8 Å². The summed E-state index contributed by atoms with van der Waals surface area (Å²) in [4.78, 5) is 15.5. The van der Waals surface area contributed by atoms with Crippen LogP contribution in [0.1, 0.15) is 18.5 Å². The lowest BCUT2D eigenvalue weighted by atomic mass is 10.1. The molecule has 0 aliphatic heterocycles. The molecule has 1 N–H and O–H groups in total. The highest BCUT2D eigenvalue weighted by atomic mass is 79.9. The summed E-state index contributed by atoms with van der Waals surface area (Å²) < 4.78 is 37.5. The minimum Gasteiger partial charge on any atom is -0.493 e. The molecule has 7 nitrogen and oxygen atoms in total. The van der Waals surface area contributed by atoms with Gasteiger partial charge in [-0.1, -0.05) is 22.0 Å². The topological polar surface area (TPSA) is 90.4 Å². The summed E-state index contributed by atoms with van der Waals surface area (Å²) in [6.45, 7) is 2.28. The number of nitrogens with zero attached hydrogens (tertiary/aromatic N) is 1. The number of H-pyrrole nitrogens is 1. The summed E-state index contributed by atoms with van der Waals surface area (Å²) in [5.41, 5.74) is 1.50. The average molecular weight is 469 g/mol. The minimum atomic E-state index is -3.39. The van der Waals surface area contributed by atoms with Crippen LogP contribution in [0.4, 0.5) is 0 Å². The van der Waals surface area contributed by atoms with Gasteiger partial charge in [0.25, 0.3) is 0 Å². The highest BCUT2D eigenvalue weighted by molar-refractivity contribution is 9.10. The van der Waals surface area contributed by atoms with Gasteiger partial charge in [0.2, 0.25) is 0 Å². The number of fused-ring (bicyclic) bond motifs is 1. The van der Waals surface area contributed by atoms with Crippen LogP contribution in [0.25, 0.3) is 11.0 Å². The lowest BCUT2D eigenvalue weighted by Crippen LogP contribution is -2.28. The molecular formula is C19H21BrN2O5S. The first-order valence-corrected chi connectivity index (χ1v) is 11.5. The van der Waals surface area contributed by atoms with Crippen molar-refractivity contribution in [2.45, 2.75) is 13.0 Å². The van der Waals surface area contributed by atoms with Gasteiger partial charge in [-0.25, -0.2) is 13.2 Å².